The maximum atomic E-state index is 12.3. The van der Waals surface area contributed by atoms with Gasteiger partial charge in [0.1, 0.15) is 0 Å². The highest BCUT2D eigenvalue weighted by Gasteiger charge is 2.51. The Labute approximate surface area is 191 Å². The van der Waals surface area contributed by atoms with Crippen molar-refractivity contribution in [3.05, 3.63) is 71.8 Å². The first-order valence-corrected chi connectivity index (χ1v) is 10.9. The molecular formula is C25H29F3N2O3. The lowest BCUT2D eigenvalue weighted by molar-refractivity contribution is -0.258. The van der Waals surface area contributed by atoms with Gasteiger partial charge in [-0.2, -0.15) is 13.2 Å². The molecule has 33 heavy (non-hydrogen) atoms. The Morgan fingerprint density at radius 3 is 2.09 bits per heavy atom. The molecule has 2 aliphatic rings. The van der Waals surface area contributed by atoms with E-state index < -0.39 is 11.8 Å². The zero-order valence-electron chi connectivity index (χ0n) is 18.5. The highest BCUT2D eigenvalue weighted by molar-refractivity contribution is 5.78. The second-order valence-electron chi connectivity index (χ2n) is 8.88. The summed E-state index contributed by atoms with van der Waals surface area (Å²) in [6.07, 6.45) is -1.31. The van der Waals surface area contributed by atoms with Crippen molar-refractivity contribution in [1.82, 2.24) is 10.2 Å². The SMILES string of the molecule is C[C@](O)(c1ccccc1)C(F)(F)F.O=CN1CCC2(CC1)CC(=O)NCC2c1ccccc1. The van der Waals surface area contributed by atoms with Crippen molar-refractivity contribution in [2.45, 2.75) is 43.9 Å². The summed E-state index contributed by atoms with van der Waals surface area (Å²) in [5.41, 5.74) is -1.60. The monoisotopic (exact) mass is 462 g/mol. The molecule has 2 amide bonds. The first-order chi connectivity index (χ1) is 15.6. The predicted octanol–water partition coefficient (Wildman–Crippen LogP) is 3.99. The Bertz CT molecular complexity index is 925. The number of amides is 2. The fraction of sp³-hybridized carbons (Fsp3) is 0.440. The fourth-order valence-corrected chi connectivity index (χ4v) is 4.62. The van der Waals surface area contributed by atoms with Crippen LogP contribution < -0.4 is 5.32 Å². The van der Waals surface area contributed by atoms with Crippen molar-refractivity contribution >= 4 is 12.3 Å². The highest BCUT2D eigenvalue weighted by Crippen LogP contribution is 2.48. The Balaban J connectivity index is 0.000000205. The minimum absolute atomic E-state index is 0.0171. The number of alkyl halides is 3. The van der Waals surface area contributed by atoms with Crippen LogP contribution in [0.4, 0.5) is 13.2 Å². The summed E-state index contributed by atoms with van der Waals surface area (Å²) in [6.45, 7) is 2.98. The van der Waals surface area contributed by atoms with Crippen LogP contribution in [0.1, 0.15) is 43.2 Å². The van der Waals surface area contributed by atoms with E-state index >= 15 is 0 Å². The number of aliphatic hydroxyl groups is 1. The van der Waals surface area contributed by atoms with Gasteiger partial charge in [-0.05, 0) is 36.3 Å². The summed E-state index contributed by atoms with van der Waals surface area (Å²) in [5.74, 6) is 0.506. The van der Waals surface area contributed by atoms with Crippen molar-refractivity contribution in [2.75, 3.05) is 19.6 Å². The third-order valence-electron chi connectivity index (χ3n) is 6.79. The van der Waals surface area contributed by atoms with Crippen LogP contribution in [0, 0.1) is 5.41 Å². The normalized spacial score (nSPS) is 21.9. The zero-order chi connectivity index (χ0) is 24.1. The van der Waals surface area contributed by atoms with Gasteiger partial charge in [-0.25, -0.2) is 0 Å². The van der Waals surface area contributed by atoms with E-state index in [0.717, 1.165) is 39.3 Å². The highest BCUT2D eigenvalue weighted by atomic mass is 19.4. The molecule has 2 N–H and O–H groups in total. The standard InChI is InChI=1S/C16H20N2O2.C9H9F3O/c19-12-18-8-6-16(7-9-18)10-15(20)17-11-14(16)13-4-2-1-3-5-13;1-8(13,9(10,11)12)7-5-3-2-4-6-7/h1-5,12,14H,6-11H2,(H,17,20);2-6,13H,1H3/t;8-/m.0/s1. The van der Waals surface area contributed by atoms with Gasteiger partial charge in [-0.1, -0.05) is 60.7 Å². The number of hydrogen-bond acceptors (Lipinski definition) is 3. The quantitative estimate of drug-likeness (QED) is 0.678. The second-order valence-corrected chi connectivity index (χ2v) is 8.88. The van der Waals surface area contributed by atoms with E-state index in [1.54, 1.807) is 6.07 Å². The molecule has 2 atom stereocenters. The van der Waals surface area contributed by atoms with Crippen LogP contribution in [-0.2, 0) is 15.2 Å². The summed E-state index contributed by atoms with van der Waals surface area (Å²) in [4.78, 5) is 24.6. The van der Waals surface area contributed by atoms with Gasteiger partial charge in [0, 0.05) is 32.0 Å². The fourth-order valence-electron chi connectivity index (χ4n) is 4.62. The molecule has 0 aromatic heterocycles. The summed E-state index contributed by atoms with van der Waals surface area (Å²) in [5, 5.41) is 12.2. The lowest BCUT2D eigenvalue weighted by Gasteiger charge is -2.48. The van der Waals surface area contributed by atoms with E-state index in [1.807, 2.05) is 11.0 Å². The van der Waals surface area contributed by atoms with E-state index in [0.29, 0.717) is 18.9 Å². The van der Waals surface area contributed by atoms with Gasteiger partial charge < -0.3 is 15.3 Å². The largest absolute Gasteiger partial charge is 0.421 e. The smallest absolute Gasteiger partial charge is 0.376 e. The molecule has 5 nitrogen and oxygen atoms in total. The molecule has 2 heterocycles. The molecule has 178 valence electrons. The minimum atomic E-state index is -4.64. The van der Waals surface area contributed by atoms with E-state index in [-0.39, 0.29) is 16.9 Å². The van der Waals surface area contributed by atoms with Gasteiger partial charge in [0.15, 0.2) is 5.60 Å². The third kappa shape index (κ3) is 5.55. The van der Waals surface area contributed by atoms with E-state index in [2.05, 4.69) is 29.6 Å². The zero-order valence-corrected chi connectivity index (χ0v) is 18.5. The van der Waals surface area contributed by atoms with Crippen LogP contribution in [-0.4, -0.2) is 48.1 Å². The molecule has 0 radical (unpaired) electrons. The molecule has 2 fully saturated rings. The molecule has 4 rings (SSSR count). The first-order valence-electron chi connectivity index (χ1n) is 10.9. The minimum Gasteiger partial charge on any atom is -0.376 e. The van der Waals surface area contributed by atoms with Crippen molar-refractivity contribution in [3.63, 3.8) is 0 Å². The maximum Gasteiger partial charge on any atom is 0.421 e. The van der Waals surface area contributed by atoms with E-state index in [1.165, 1.54) is 29.8 Å². The number of nitrogens with one attached hydrogen (secondary N) is 1. The molecule has 8 heteroatoms. The summed E-state index contributed by atoms with van der Waals surface area (Å²) in [6, 6.07) is 17.4. The second kappa shape index (κ2) is 9.95. The van der Waals surface area contributed by atoms with Crippen molar-refractivity contribution in [2.24, 2.45) is 5.41 Å². The van der Waals surface area contributed by atoms with Gasteiger partial charge >= 0.3 is 6.18 Å². The summed E-state index contributed by atoms with van der Waals surface area (Å²) >= 11 is 0. The van der Waals surface area contributed by atoms with Gasteiger partial charge in [-0.15, -0.1) is 0 Å². The van der Waals surface area contributed by atoms with Gasteiger partial charge in [0.2, 0.25) is 12.3 Å². The molecular weight excluding hydrogens is 433 g/mol. The number of hydrogen-bond donors (Lipinski definition) is 2. The summed E-state index contributed by atoms with van der Waals surface area (Å²) in [7, 11) is 0. The molecule has 2 aromatic rings. The number of carbonyl (C=O) groups is 2. The Morgan fingerprint density at radius 1 is 1.03 bits per heavy atom. The molecule has 0 saturated carbocycles. The summed E-state index contributed by atoms with van der Waals surface area (Å²) < 4.78 is 36.8. The lowest BCUT2D eigenvalue weighted by Crippen LogP contribution is -2.51. The van der Waals surface area contributed by atoms with Crippen LogP contribution in [0.3, 0.4) is 0 Å². The number of carbonyl (C=O) groups excluding carboxylic acids is 2. The third-order valence-corrected chi connectivity index (χ3v) is 6.79. The molecule has 2 aromatic carbocycles. The molecule has 0 aliphatic carbocycles. The molecule has 1 spiro atoms. The van der Waals surface area contributed by atoms with Crippen molar-refractivity contribution in [1.29, 1.82) is 0 Å². The van der Waals surface area contributed by atoms with Crippen LogP contribution in [0.2, 0.25) is 0 Å². The lowest BCUT2D eigenvalue weighted by atomic mass is 9.62. The van der Waals surface area contributed by atoms with E-state index in [9.17, 15) is 27.9 Å². The average molecular weight is 463 g/mol. The van der Waals surface area contributed by atoms with Crippen LogP contribution >= 0.6 is 0 Å². The Hall–Kier alpha value is -2.87. The van der Waals surface area contributed by atoms with Gasteiger partial charge in [0.25, 0.3) is 0 Å². The number of piperidine rings is 2. The Morgan fingerprint density at radius 2 is 1.58 bits per heavy atom. The molecule has 1 unspecified atom stereocenters. The molecule has 2 aliphatic heterocycles. The molecule has 2 saturated heterocycles. The number of likely N-dealkylation sites (tertiary alicyclic amines) is 1. The van der Waals surface area contributed by atoms with Crippen LogP contribution in [0.5, 0.6) is 0 Å². The number of rotatable bonds is 3. The number of nitrogens with zero attached hydrogens (tertiary/aromatic N) is 1. The van der Waals surface area contributed by atoms with Crippen molar-refractivity contribution < 1.29 is 27.9 Å². The van der Waals surface area contributed by atoms with Gasteiger partial charge in [0.05, 0.1) is 0 Å². The van der Waals surface area contributed by atoms with Gasteiger partial charge in [-0.3, -0.25) is 9.59 Å². The van der Waals surface area contributed by atoms with Crippen LogP contribution in [0.25, 0.3) is 0 Å². The number of benzene rings is 2. The topological polar surface area (TPSA) is 69.6 Å². The first kappa shape index (κ1) is 24.8. The van der Waals surface area contributed by atoms with Crippen molar-refractivity contribution in [3.8, 4) is 0 Å². The average Bonchev–Trinajstić information content (AvgIpc) is 2.80. The Kier molecular flexibility index (Phi) is 7.47. The van der Waals surface area contributed by atoms with Crippen LogP contribution in [0.15, 0.2) is 60.7 Å². The molecule has 0 bridgehead atoms. The predicted molar refractivity (Wildman–Crippen MR) is 118 cm³/mol. The number of halogens is 3. The maximum absolute atomic E-state index is 12.3. The van der Waals surface area contributed by atoms with E-state index in [4.69, 9.17) is 0 Å².